The Hall–Kier alpha value is -2.03. The van der Waals surface area contributed by atoms with Gasteiger partial charge in [0.05, 0.1) is 18.6 Å². The average molecular weight is 227 g/mol. The van der Waals surface area contributed by atoms with Crippen molar-refractivity contribution in [1.29, 1.82) is 0 Å². The molecule has 1 aliphatic heterocycles. The van der Waals surface area contributed by atoms with E-state index in [9.17, 15) is 4.79 Å². The van der Waals surface area contributed by atoms with E-state index in [2.05, 4.69) is 11.4 Å². The topological polar surface area (TPSA) is 42.2 Å². The van der Waals surface area contributed by atoms with Gasteiger partial charge < -0.3 is 9.73 Å². The Morgan fingerprint density at radius 2 is 2.29 bits per heavy atom. The third-order valence-electron chi connectivity index (χ3n) is 3.28. The summed E-state index contributed by atoms with van der Waals surface area (Å²) in [6.07, 6.45) is 6.35. The summed E-state index contributed by atoms with van der Waals surface area (Å²) >= 11 is 0. The van der Waals surface area contributed by atoms with Gasteiger partial charge in [-0.25, -0.2) is 0 Å². The first-order valence-electron chi connectivity index (χ1n) is 5.74. The van der Waals surface area contributed by atoms with Crippen LogP contribution in [0.1, 0.15) is 33.9 Å². The fraction of sp³-hybridized carbons (Fsp3) is 0.214. The van der Waals surface area contributed by atoms with Crippen LogP contribution in [0.15, 0.2) is 41.2 Å². The number of rotatable bonds is 2. The molecule has 86 valence electrons. The number of anilines is 1. The highest BCUT2D eigenvalue weighted by molar-refractivity contribution is 5.86. The Morgan fingerprint density at radius 1 is 1.35 bits per heavy atom. The summed E-state index contributed by atoms with van der Waals surface area (Å²) in [6, 6.07) is 8.05. The van der Waals surface area contributed by atoms with Crippen molar-refractivity contribution < 1.29 is 9.21 Å². The van der Waals surface area contributed by atoms with Gasteiger partial charge in [0.1, 0.15) is 0 Å². The van der Waals surface area contributed by atoms with Crippen LogP contribution in [-0.2, 0) is 6.42 Å². The third-order valence-corrected chi connectivity index (χ3v) is 3.28. The summed E-state index contributed by atoms with van der Waals surface area (Å²) in [6.45, 7) is 0. The van der Waals surface area contributed by atoms with Gasteiger partial charge in [-0.1, -0.05) is 12.1 Å². The van der Waals surface area contributed by atoms with Crippen LogP contribution in [0.5, 0.6) is 0 Å². The number of nitrogens with one attached hydrogen (secondary N) is 1. The predicted molar refractivity (Wildman–Crippen MR) is 65.2 cm³/mol. The minimum Gasteiger partial charge on any atom is -0.472 e. The predicted octanol–water partition coefficient (Wildman–Crippen LogP) is 3.19. The molecule has 0 saturated heterocycles. The van der Waals surface area contributed by atoms with Gasteiger partial charge in [-0.2, -0.15) is 0 Å². The van der Waals surface area contributed by atoms with Gasteiger partial charge in [-0.3, -0.25) is 4.79 Å². The smallest absolute Gasteiger partial charge is 0.152 e. The highest BCUT2D eigenvalue weighted by Crippen LogP contribution is 2.34. The van der Waals surface area contributed by atoms with E-state index >= 15 is 0 Å². The molecule has 0 saturated carbocycles. The number of benzene rings is 1. The molecule has 3 rings (SSSR count). The molecule has 17 heavy (non-hydrogen) atoms. The quantitative estimate of drug-likeness (QED) is 0.801. The van der Waals surface area contributed by atoms with E-state index in [0.29, 0.717) is 0 Å². The number of hydrogen-bond acceptors (Lipinski definition) is 3. The Morgan fingerprint density at radius 3 is 3.06 bits per heavy atom. The van der Waals surface area contributed by atoms with E-state index in [4.69, 9.17) is 4.42 Å². The fourth-order valence-electron chi connectivity index (χ4n) is 2.37. The molecule has 0 fully saturated rings. The summed E-state index contributed by atoms with van der Waals surface area (Å²) in [7, 11) is 0. The molecular formula is C14H13NO2. The first-order chi connectivity index (χ1) is 8.38. The normalized spacial score (nSPS) is 18.2. The standard InChI is InChI=1S/C14H13NO2/c16-8-11-3-1-2-10-4-5-13(15-14(10)11)12-6-7-17-9-12/h1-3,6-9,13,15H,4-5H2. The van der Waals surface area contributed by atoms with Crippen molar-refractivity contribution in [2.24, 2.45) is 0 Å². The van der Waals surface area contributed by atoms with Crippen molar-refractivity contribution in [2.75, 3.05) is 5.32 Å². The zero-order valence-electron chi connectivity index (χ0n) is 9.35. The van der Waals surface area contributed by atoms with Gasteiger partial charge in [0.15, 0.2) is 6.29 Å². The molecule has 0 bridgehead atoms. The molecule has 2 heterocycles. The van der Waals surface area contributed by atoms with Crippen LogP contribution in [0, 0.1) is 0 Å². The van der Waals surface area contributed by atoms with E-state index in [-0.39, 0.29) is 6.04 Å². The minimum absolute atomic E-state index is 0.238. The molecular weight excluding hydrogens is 214 g/mol. The number of carbonyl (C=O) groups excluding carboxylic acids is 1. The molecule has 1 aromatic carbocycles. The van der Waals surface area contributed by atoms with E-state index in [1.807, 2.05) is 18.2 Å². The molecule has 1 aromatic heterocycles. The number of fused-ring (bicyclic) bond motifs is 1. The third kappa shape index (κ3) is 1.73. The van der Waals surface area contributed by atoms with Gasteiger partial charge in [-0.15, -0.1) is 0 Å². The summed E-state index contributed by atoms with van der Waals surface area (Å²) in [4.78, 5) is 11.0. The monoisotopic (exact) mass is 227 g/mol. The van der Waals surface area contributed by atoms with Crippen molar-refractivity contribution in [1.82, 2.24) is 0 Å². The summed E-state index contributed by atoms with van der Waals surface area (Å²) < 4.78 is 5.10. The Kier molecular flexibility index (Phi) is 2.44. The van der Waals surface area contributed by atoms with Crippen molar-refractivity contribution >= 4 is 12.0 Å². The maximum atomic E-state index is 11.0. The van der Waals surface area contributed by atoms with Gasteiger partial charge in [0, 0.05) is 16.8 Å². The van der Waals surface area contributed by atoms with Crippen molar-refractivity contribution in [3.63, 3.8) is 0 Å². The lowest BCUT2D eigenvalue weighted by molar-refractivity contribution is 0.112. The molecule has 0 spiro atoms. The summed E-state index contributed by atoms with van der Waals surface area (Å²) in [5.41, 5.74) is 4.06. The van der Waals surface area contributed by atoms with Gasteiger partial charge in [-0.05, 0) is 30.5 Å². The molecule has 1 N–H and O–H groups in total. The molecule has 3 heteroatoms. The largest absolute Gasteiger partial charge is 0.472 e. The number of carbonyl (C=O) groups is 1. The van der Waals surface area contributed by atoms with Gasteiger partial charge in [0.2, 0.25) is 0 Å². The Labute approximate surface area is 99.4 Å². The minimum atomic E-state index is 0.238. The van der Waals surface area contributed by atoms with Crippen molar-refractivity contribution in [3.05, 3.63) is 53.5 Å². The lowest BCUT2D eigenvalue weighted by Gasteiger charge is -2.27. The van der Waals surface area contributed by atoms with E-state index in [1.165, 1.54) is 5.56 Å². The van der Waals surface area contributed by atoms with Crippen LogP contribution in [0.4, 0.5) is 5.69 Å². The van der Waals surface area contributed by atoms with Crippen LogP contribution in [0.2, 0.25) is 0 Å². The molecule has 1 unspecified atom stereocenters. The second-order valence-corrected chi connectivity index (χ2v) is 4.29. The number of hydrogen-bond donors (Lipinski definition) is 1. The fourth-order valence-corrected chi connectivity index (χ4v) is 2.37. The Balaban J connectivity index is 1.96. The zero-order valence-corrected chi connectivity index (χ0v) is 9.35. The Bertz CT molecular complexity index is 531. The summed E-state index contributed by atoms with van der Waals surface area (Å²) in [5.74, 6) is 0. The lowest BCUT2D eigenvalue weighted by Crippen LogP contribution is -2.18. The highest BCUT2D eigenvalue weighted by atomic mass is 16.3. The van der Waals surface area contributed by atoms with Crippen molar-refractivity contribution in [2.45, 2.75) is 18.9 Å². The van der Waals surface area contributed by atoms with Gasteiger partial charge in [0.25, 0.3) is 0 Å². The first-order valence-corrected chi connectivity index (χ1v) is 5.74. The molecule has 3 nitrogen and oxygen atoms in total. The number of aryl methyl sites for hydroxylation is 1. The zero-order chi connectivity index (χ0) is 11.7. The van der Waals surface area contributed by atoms with E-state index in [0.717, 1.165) is 35.9 Å². The number of furan rings is 1. The lowest BCUT2D eigenvalue weighted by atomic mass is 9.93. The molecule has 1 atom stereocenters. The van der Waals surface area contributed by atoms with Crippen LogP contribution in [0.25, 0.3) is 0 Å². The molecule has 1 aliphatic rings. The van der Waals surface area contributed by atoms with Crippen LogP contribution in [-0.4, -0.2) is 6.29 Å². The van der Waals surface area contributed by atoms with Crippen LogP contribution in [0.3, 0.4) is 0 Å². The van der Waals surface area contributed by atoms with E-state index in [1.54, 1.807) is 12.5 Å². The number of aldehydes is 1. The van der Waals surface area contributed by atoms with Crippen molar-refractivity contribution in [3.8, 4) is 0 Å². The molecule has 0 radical (unpaired) electrons. The summed E-state index contributed by atoms with van der Waals surface area (Å²) in [5, 5.41) is 3.43. The maximum absolute atomic E-state index is 11.0. The van der Waals surface area contributed by atoms with Crippen LogP contribution < -0.4 is 5.32 Å². The maximum Gasteiger partial charge on any atom is 0.152 e. The second kappa shape index (κ2) is 4.09. The molecule has 0 amide bonds. The average Bonchev–Trinajstić information content (AvgIpc) is 2.91. The highest BCUT2D eigenvalue weighted by Gasteiger charge is 2.21. The van der Waals surface area contributed by atoms with E-state index < -0.39 is 0 Å². The molecule has 2 aromatic rings. The first kappa shape index (κ1) is 10.1. The number of para-hydroxylation sites is 1. The SMILES string of the molecule is O=Cc1cccc2c1NC(c1ccoc1)CC2. The molecule has 0 aliphatic carbocycles. The second-order valence-electron chi connectivity index (χ2n) is 4.29. The van der Waals surface area contributed by atoms with Crippen LogP contribution >= 0.6 is 0 Å². The van der Waals surface area contributed by atoms with Gasteiger partial charge >= 0.3 is 0 Å².